The van der Waals surface area contributed by atoms with Crippen molar-refractivity contribution in [3.63, 3.8) is 0 Å². The first-order valence-corrected chi connectivity index (χ1v) is 6.49. The Morgan fingerprint density at radius 2 is 2.27 bits per heavy atom. The first-order valence-electron chi connectivity index (χ1n) is 5.61. The molecule has 84 valence electrons. The number of hydrogen-bond acceptors (Lipinski definition) is 4. The van der Waals surface area contributed by atoms with E-state index in [9.17, 15) is 0 Å². The molecule has 0 aliphatic carbocycles. The summed E-state index contributed by atoms with van der Waals surface area (Å²) in [4.78, 5) is 3.94. The molecule has 0 bridgehead atoms. The van der Waals surface area contributed by atoms with Crippen LogP contribution in [0.4, 0.5) is 0 Å². The fourth-order valence-corrected chi connectivity index (χ4v) is 2.48. The Morgan fingerprint density at radius 3 is 3.00 bits per heavy atom. The van der Waals surface area contributed by atoms with Crippen LogP contribution in [0.2, 0.25) is 0 Å². The third-order valence-corrected chi connectivity index (χ3v) is 3.61. The maximum atomic E-state index is 3.50. The van der Waals surface area contributed by atoms with E-state index in [0.717, 1.165) is 32.7 Å². The van der Waals surface area contributed by atoms with Crippen LogP contribution in [0, 0.1) is 0 Å². The molecule has 0 spiro atoms. The summed E-state index contributed by atoms with van der Waals surface area (Å²) in [6, 6.07) is 4.33. The lowest BCUT2D eigenvalue weighted by Gasteiger charge is -2.27. The Morgan fingerprint density at radius 1 is 1.40 bits per heavy atom. The molecule has 0 saturated carbocycles. The first-order chi connectivity index (χ1) is 7.45. The minimum absolute atomic E-state index is 1.03. The highest BCUT2D eigenvalue weighted by molar-refractivity contribution is 7.09. The van der Waals surface area contributed by atoms with Gasteiger partial charge >= 0.3 is 0 Å². The molecule has 2 N–H and O–H groups in total. The fourth-order valence-electron chi connectivity index (χ4n) is 1.77. The summed E-state index contributed by atoms with van der Waals surface area (Å²) >= 11 is 1.85. The van der Waals surface area contributed by atoms with Gasteiger partial charge in [-0.25, -0.2) is 0 Å². The normalized spacial score (nSPS) is 18.1. The Labute approximate surface area is 95.5 Å². The van der Waals surface area contributed by atoms with Gasteiger partial charge in [0.2, 0.25) is 0 Å². The minimum Gasteiger partial charge on any atom is -0.314 e. The standard InChI is InChI=1S/C11H19N3S/c1-2-11(15-9-1)3-4-13-10-14-7-5-12-6-8-14/h1-2,9,12-13H,3-8,10H2. The lowest BCUT2D eigenvalue weighted by Crippen LogP contribution is -2.47. The third kappa shape index (κ3) is 3.91. The highest BCUT2D eigenvalue weighted by Crippen LogP contribution is 2.07. The largest absolute Gasteiger partial charge is 0.314 e. The van der Waals surface area contributed by atoms with Crippen LogP contribution in [0.5, 0.6) is 0 Å². The van der Waals surface area contributed by atoms with Gasteiger partial charge in [0.05, 0.1) is 0 Å². The molecule has 15 heavy (non-hydrogen) atoms. The summed E-state index contributed by atoms with van der Waals surface area (Å²) in [5.74, 6) is 0. The maximum Gasteiger partial charge on any atom is 0.0481 e. The molecule has 1 saturated heterocycles. The summed E-state index contributed by atoms with van der Waals surface area (Å²) in [6.07, 6.45) is 1.16. The SMILES string of the molecule is c1csc(CCNCN2CCNCC2)c1. The predicted octanol–water partition coefficient (Wildman–Crippen LogP) is 0.743. The molecule has 1 aliphatic rings. The van der Waals surface area contributed by atoms with E-state index in [-0.39, 0.29) is 0 Å². The highest BCUT2D eigenvalue weighted by Gasteiger charge is 2.07. The molecule has 2 heterocycles. The van der Waals surface area contributed by atoms with Crippen LogP contribution in [-0.2, 0) is 6.42 Å². The number of nitrogens with one attached hydrogen (secondary N) is 2. The molecule has 2 rings (SSSR count). The van der Waals surface area contributed by atoms with E-state index in [4.69, 9.17) is 0 Å². The number of hydrogen-bond donors (Lipinski definition) is 2. The Kier molecular flexibility index (Phi) is 4.60. The lowest BCUT2D eigenvalue weighted by molar-refractivity contribution is 0.224. The molecule has 1 fully saturated rings. The van der Waals surface area contributed by atoms with Crippen molar-refractivity contribution < 1.29 is 0 Å². The van der Waals surface area contributed by atoms with E-state index in [1.807, 2.05) is 11.3 Å². The molecule has 0 amide bonds. The summed E-state index contributed by atoms with van der Waals surface area (Å²) in [5.41, 5.74) is 0. The van der Waals surface area contributed by atoms with E-state index >= 15 is 0 Å². The second-order valence-corrected chi connectivity index (χ2v) is 4.89. The van der Waals surface area contributed by atoms with E-state index < -0.39 is 0 Å². The van der Waals surface area contributed by atoms with Crippen LogP contribution in [0.3, 0.4) is 0 Å². The van der Waals surface area contributed by atoms with Crippen molar-refractivity contribution in [2.75, 3.05) is 39.4 Å². The summed E-state index contributed by atoms with van der Waals surface area (Å²) in [5, 5.41) is 9.00. The van der Waals surface area contributed by atoms with Gasteiger partial charge < -0.3 is 10.6 Å². The maximum absolute atomic E-state index is 3.50. The molecule has 0 atom stereocenters. The van der Waals surface area contributed by atoms with Gasteiger partial charge in [-0.3, -0.25) is 4.90 Å². The number of piperazine rings is 1. The lowest BCUT2D eigenvalue weighted by atomic mass is 10.3. The first kappa shape index (κ1) is 11.1. The van der Waals surface area contributed by atoms with Crippen LogP contribution in [-0.4, -0.2) is 44.3 Å². The van der Waals surface area contributed by atoms with Gasteiger partial charge in [0.25, 0.3) is 0 Å². The van der Waals surface area contributed by atoms with Crippen molar-refractivity contribution in [1.29, 1.82) is 0 Å². The number of nitrogens with zero attached hydrogens (tertiary/aromatic N) is 1. The summed E-state index contributed by atoms with van der Waals surface area (Å²) in [6.45, 7) is 6.73. The Balaban J connectivity index is 1.54. The van der Waals surface area contributed by atoms with Gasteiger partial charge in [-0.2, -0.15) is 0 Å². The molecular weight excluding hydrogens is 206 g/mol. The number of thiophene rings is 1. The van der Waals surface area contributed by atoms with Crippen LogP contribution in [0.25, 0.3) is 0 Å². The quantitative estimate of drug-likeness (QED) is 0.724. The summed E-state index contributed by atoms with van der Waals surface area (Å²) in [7, 11) is 0. The molecular formula is C11H19N3S. The molecule has 1 aromatic heterocycles. The van der Waals surface area contributed by atoms with Crippen molar-refractivity contribution in [1.82, 2.24) is 15.5 Å². The average molecular weight is 225 g/mol. The molecule has 0 aromatic carbocycles. The zero-order valence-corrected chi connectivity index (χ0v) is 9.85. The van der Waals surface area contributed by atoms with Gasteiger partial charge in [-0.1, -0.05) is 6.07 Å². The molecule has 0 radical (unpaired) electrons. The van der Waals surface area contributed by atoms with Gasteiger partial charge in [0, 0.05) is 44.3 Å². The Hall–Kier alpha value is -0.420. The molecule has 3 nitrogen and oxygen atoms in total. The minimum atomic E-state index is 1.03. The topological polar surface area (TPSA) is 27.3 Å². The second-order valence-electron chi connectivity index (χ2n) is 3.86. The van der Waals surface area contributed by atoms with Crippen molar-refractivity contribution in [3.8, 4) is 0 Å². The van der Waals surface area contributed by atoms with Gasteiger partial charge in [0.15, 0.2) is 0 Å². The molecule has 0 unspecified atom stereocenters. The fraction of sp³-hybridized carbons (Fsp3) is 0.636. The predicted molar refractivity (Wildman–Crippen MR) is 65.3 cm³/mol. The van der Waals surface area contributed by atoms with E-state index in [0.29, 0.717) is 0 Å². The summed E-state index contributed by atoms with van der Waals surface area (Å²) < 4.78 is 0. The third-order valence-electron chi connectivity index (χ3n) is 2.67. The zero-order valence-electron chi connectivity index (χ0n) is 9.04. The van der Waals surface area contributed by atoms with Crippen LogP contribution in [0.1, 0.15) is 4.88 Å². The molecule has 4 heteroatoms. The van der Waals surface area contributed by atoms with Crippen LogP contribution in [0.15, 0.2) is 17.5 Å². The molecule has 1 aromatic rings. The highest BCUT2D eigenvalue weighted by atomic mass is 32.1. The van der Waals surface area contributed by atoms with E-state index in [2.05, 4.69) is 33.0 Å². The van der Waals surface area contributed by atoms with Crippen LogP contribution < -0.4 is 10.6 Å². The van der Waals surface area contributed by atoms with Crippen LogP contribution >= 0.6 is 11.3 Å². The average Bonchev–Trinajstić information content (AvgIpc) is 2.79. The van der Waals surface area contributed by atoms with E-state index in [1.54, 1.807) is 0 Å². The van der Waals surface area contributed by atoms with Crippen molar-refractivity contribution in [2.24, 2.45) is 0 Å². The number of rotatable bonds is 5. The van der Waals surface area contributed by atoms with Crippen molar-refractivity contribution in [2.45, 2.75) is 6.42 Å². The van der Waals surface area contributed by atoms with Gasteiger partial charge in [-0.15, -0.1) is 11.3 Å². The second kappa shape index (κ2) is 6.23. The van der Waals surface area contributed by atoms with E-state index in [1.165, 1.54) is 18.0 Å². The monoisotopic (exact) mass is 225 g/mol. The molecule has 1 aliphatic heterocycles. The Bertz CT molecular complexity index is 255. The smallest absolute Gasteiger partial charge is 0.0481 e. The van der Waals surface area contributed by atoms with Gasteiger partial charge in [0.1, 0.15) is 0 Å². The van der Waals surface area contributed by atoms with Crippen molar-refractivity contribution >= 4 is 11.3 Å². The van der Waals surface area contributed by atoms with Gasteiger partial charge in [-0.05, 0) is 17.9 Å². The van der Waals surface area contributed by atoms with Crippen molar-refractivity contribution in [3.05, 3.63) is 22.4 Å². The zero-order chi connectivity index (χ0) is 10.3.